The molecule has 1 aromatic rings. The molecule has 1 aliphatic carbocycles. The van der Waals surface area contributed by atoms with E-state index in [1.54, 1.807) is 0 Å². The van der Waals surface area contributed by atoms with Crippen LogP contribution in [0.5, 0.6) is 5.75 Å². The Morgan fingerprint density at radius 2 is 2.25 bits per heavy atom. The molecule has 3 heteroatoms. The number of rotatable bonds is 4. The molecule has 1 unspecified atom stereocenters. The molecule has 1 atom stereocenters. The van der Waals surface area contributed by atoms with Crippen molar-refractivity contribution in [1.82, 2.24) is 4.90 Å². The van der Waals surface area contributed by atoms with Crippen molar-refractivity contribution in [2.45, 2.75) is 18.9 Å². The maximum absolute atomic E-state index is 9.67. The summed E-state index contributed by atoms with van der Waals surface area (Å²) >= 11 is 0. The van der Waals surface area contributed by atoms with Gasteiger partial charge in [-0.25, -0.2) is 0 Å². The molecule has 16 heavy (non-hydrogen) atoms. The monoisotopic (exact) mass is 221 g/mol. The lowest BCUT2D eigenvalue weighted by Crippen LogP contribution is -2.19. The van der Waals surface area contributed by atoms with E-state index in [1.807, 2.05) is 26.2 Å². The summed E-state index contributed by atoms with van der Waals surface area (Å²) in [5.74, 6) is 0.912. The Hall–Kier alpha value is -1.06. The van der Waals surface area contributed by atoms with Crippen LogP contribution < -0.4 is 4.74 Å². The molecule has 1 aromatic carbocycles. The summed E-state index contributed by atoms with van der Waals surface area (Å²) in [6.45, 7) is 1.62. The Morgan fingerprint density at radius 3 is 3.00 bits per heavy atom. The van der Waals surface area contributed by atoms with Crippen molar-refractivity contribution in [2.24, 2.45) is 0 Å². The molecule has 88 valence electrons. The first kappa shape index (κ1) is 11.4. The third-order valence-corrected chi connectivity index (χ3v) is 2.97. The van der Waals surface area contributed by atoms with Gasteiger partial charge in [0, 0.05) is 6.54 Å². The second kappa shape index (κ2) is 4.85. The predicted octanol–water partition coefficient (Wildman–Crippen LogP) is 1.61. The van der Waals surface area contributed by atoms with Crippen LogP contribution in [0.15, 0.2) is 18.2 Å². The van der Waals surface area contributed by atoms with Crippen LogP contribution in [0.4, 0.5) is 0 Å². The Morgan fingerprint density at radius 1 is 1.44 bits per heavy atom. The van der Waals surface area contributed by atoms with E-state index in [0.717, 1.165) is 30.7 Å². The summed E-state index contributed by atoms with van der Waals surface area (Å²) in [4.78, 5) is 2.09. The normalized spacial score (nSPS) is 18.9. The minimum atomic E-state index is -0.272. The highest BCUT2D eigenvalue weighted by atomic mass is 16.5. The number of ether oxygens (including phenoxy) is 1. The number of aliphatic hydroxyl groups excluding tert-OH is 1. The SMILES string of the molecule is CN(C)CCOc1ccc2c(c1)CCC2O. The molecule has 0 spiro atoms. The quantitative estimate of drug-likeness (QED) is 0.838. The lowest BCUT2D eigenvalue weighted by atomic mass is 10.1. The Balaban J connectivity index is 1.97. The molecule has 0 aliphatic heterocycles. The van der Waals surface area contributed by atoms with Gasteiger partial charge in [-0.1, -0.05) is 6.07 Å². The summed E-state index contributed by atoms with van der Waals surface area (Å²) < 4.78 is 5.65. The van der Waals surface area contributed by atoms with E-state index in [9.17, 15) is 5.11 Å². The van der Waals surface area contributed by atoms with Gasteiger partial charge < -0.3 is 14.7 Å². The van der Waals surface area contributed by atoms with Crippen molar-refractivity contribution >= 4 is 0 Å². The fourth-order valence-corrected chi connectivity index (χ4v) is 2.01. The minimum Gasteiger partial charge on any atom is -0.492 e. The molecule has 0 radical (unpaired) electrons. The highest BCUT2D eigenvalue weighted by Crippen LogP contribution is 2.33. The fraction of sp³-hybridized carbons (Fsp3) is 0.538. The number of likely N-dealkylation sites (N-methyl/N-ethyl adjacent to an activating group) is 1. The lowest BCUT2D eigenvalue weighted by molar-refractivity contribution is 0.180. The van der Waals surface area contributed by atoms with E-state index in [0.29, 0.717) is 6.61 Å². The summed E-state index contributed by atoms with van der Waals surface area (Å²) in [5, 5.41) is 9.67. The molecule has 2 rings (SSSR count). The number of hydrogen-bond donors (Lipinski definition) is 1. The number of aliphatic hydroxyl groups is 1. The van der Waals surface area contributed by atoms with Crippen molar-refractivity contribution in [3.63, 3.8) is 0 Å². The number of hydrogen-bond acceptors (Lipinski definition) is 3. The number of fused-ring (bicyclic) bond motifs is 1. The van der Waals surface area contributed by atoms with E-state index in [-0.39, 0.29) is 6.10 Å². The minimum absolute atomic E-state index is 0.272. The number of benzene rings is 1. The molecule has 3 nitrogen and oxygen atoms in total. The van der Waals surface area contributed by atoms with Crippen LogP contribution in [-0.4, -0.2) is 37.3 Å². The largest absolute Gasteiger partial charge is 0.492 e. The summed E-state index contributed by atoms with van der Waals surface area (Å²) in [6.07, 6.45) is 1.53. The first-order valence-electron chi connectivity index (χ1n) is 5.75. The van der Waals surface area contributed by atoms with Gasteiger partial charge in [0.05, 0.1) is 6.10 Å². The van der Waals surface area contributed by atoms with Crippen LogP contribution in [0.3, 0.4) is 0 Å². The zero-order valence-electron chi connectivity index (χ0n) is 9.94. The van der Waals surface area contributed by atoms with Crippen molar-refractivity contribution in [1.29, 1.82) is 0 Å². The van der Waals surface area contributed by atoms with E-state index in [1.165, 1.54) is 5.56 Å². The molecule has 0 bridgehead atoms. The van der Waals surface area contributed by atoms with Gasteiger partial charge in [0.1, 0.15) is 12.4 Å². The van der Waals surface area contributed by atoms with Crippen molar-refractivity contribution in [3.05, 3.63) is 29.3 Å². The first-order valence-corrected chi connectivity index (χ1v) is 5.75. The predicted molar refractivity (Wildman–Crippen MR) is 63.8 cm³/mol. The highest BCUT2D eigenvalue weighted by molar-refractivity contribution is 5.39. The van der Waals surface area contributed by atoms with Crippen molar-refractivity contribution in [2.75, 3.05) is 27.2 Å². The first-order chi connectivity index (χ1) is 7.66. The molecule has 0 fully saturated rings. The molecule has 0 saturated carbocycles. The van der Waals surface area contributed by atoms with Crippen molar-refractivity contribution in [3.8, 4) is 5.75 Å². The van der Waals surface area contributed by atoms with Gasteiger partial charge in [0.25, 0.3) is 0 Å². The molecule has 0 saturated heterocycles. The van der Waals surface area contributed by atoms with Gasteiger partial charge in [-0.05, 0) is 50.2 Å². The zero-order valence-corrected chi connectivity index (χ0v) is 9.94. The third kappa shape index (κ3) is 2.54. The second-order valence-corrected chi connectivity index (χ2v) is 4.57. The van der Waals surface area contributed by atoms with Crippen LogP contribution in [0.2, 0.25) is 0 Å². The Bertz CT molecular complexity index is 363. The fourth-order valence-electron chi connectivity index (χ4n) is 2.01. The third-order valence-electron chi connectivity index (χ3n) is 2.97. The van der Waals surface area contributed by atoms with Gasteiger partial charge >= 0.3 is 0 Å². The molecular weight excluding hydrogens is 202 g/mol. The zero-order chi connectivity index (χ0) is 11.5. The Labute approximate surface area is 96.6 Å². The van der Waals surface area contributed by atoms with Crippen LogP contribution in [0.1, 0.15) is 23.7 Å². The van der Waals surface area contributed by atoms with E-state index >= 15 is 0 Å². The van der Waals surface area contributed by atoms with E-state index in [4.69, 9.17) is 4.74 Å². The van der Waals surface area contributed by atoms with Crippen molar-refractivity contribution < 1.29 is 9.84 Å². The summed E-state index contributed by atoms with van der Waals surface area (Å²) in [7, 11) is 4.06. The van der Waals surface area contributed by atoms with Gasteiger partial charge in [-0.3, -0.25) is 0 Å². The van der Waals surface area contributed by atoms with Gasteiger partial charge in [-0.15, -0.1) is 0 Å². The smallest absolute Gasteiger partial charge is 0.119 e. The maximum Gasteiger partial charge on any atom is 0.119 e. The van der Waals surface area contributed by atoms with Crippen LogP contribution in [0, 0.1) is 0 Å². The molecular formula is C13H19NO2. The summed E-state index contributed by atoms with van der Waals surface area (Å²) in [6, 6.07) is 5.99. The van der Waals surface area contributed by atoms with E-state index in [2.05, 4.69) is 11.0 Å². The molecule has 1 aliphatic rings. The van der Waals surface area contributed by atoms with Gasteiger partial charge in [0.2, 0.25) is 0 Å². The second-order valence-electron chi connectivity index (χ2n) is 4.57. The topological polar surface area (TPSA) is 32.7 Å². The number of nitrogens with zero attached hydrogens (tertiary/aromatic N) is 1. The molecule has 1 N–H and O–H groups in total. The lowest BCUT2D eigenvalue weighted by Gasteiger charge is -2.12. The summed E-state index contributed by atoms with van der Waals surface area (Å²) in [5.41, 5.74) is 2.30. The molecule has 0 amide bonds. The number of aryl methyl sites for hydroxylation is 1. The standard InChI is InChI=1S/C13H19NO2/c1-14(2)7-8-16-11-4-5-12-10(9-11)3-6-13(12)15/h4-5,9,13,15H,3,6-8H2,1-2H3. The highest BCUT2D eigenvalue weighted by Gasteiger charge is 2.20. The average molecular weight is 221 g/mol. The Kier molecular flexibility index (Phi) is 3.46. The van der Waals surface area contributed by atoms with Crippen LogP contribution in [0.25, 0.3) is 0 Å². The van der Waals surface area contributed by atoms with E-state index < -0.39 is 0 Å². The van der Waals surface area contributed by atoms with Gasteiger partial charge in [-0.2, -0.15) is 0 Å². The molecule has 0 heterocycles. The van der Waals surface area contributed by atoms with Gasteiger partial charge in [0.15, 0.2) is 0 Å². The van der Waals surface area contributed by atoms with Crippen LogP contribution >= 0.6 is 0 Å². The van der Waals surface area contributed by atoms with Crippen LogP contribution in [-0.2, 0) is 6.42 Å². The molecule has 0 aromatic heterocycles. The average Bonchev–Trinajstić information content (AvgIpc) is 2.60. The maximum atomic E-state index is 9.67.